The van der Waals surface area contributed by atoms with Crippen molar-refractivity contribution in [2.45, 2.75) is 25.1 Å². The Labute approximate surface area is 114 Å². The predicted octanol–water partition coefficient (Wildman–Crippen LogP) is 1.78. The lowest BCUT2D eigenvalue weighted by Gasteiger charge is -2.07. The Morgan fingerprint density at radius 2 is 2.32 bits per heavy atom. The molecule has 2 rings (SSSR count). The van der Waals surface area contributed by atoms with Crippen LogP contribution >= 0.6 is 11.8 Å². The van der Waals surface area contributed by atoms with Gasteiger partial charge >= 0.3 is 5.97 Å². The second-order valence-electron chi connectivity index (χ2n) is 3.99. The monoisotopic (exact) mass is 282 g/mol. The van der Waals surface area contributed by atoms with Gasteiger partial charge in [0.2, 0.25) is 0 Å². The molecule has 2 aromatic rings. The van der Waals surface area contributed by atoms with Gasteiger partial charge in [0.15, 0.2) is 0 Å². The van der Waals surface area contributed by atoms with Crippen molar-refractivity contribution in [1.82, 2.24) is 20.0 Å². The Bertz CT molecular complexity index is 564. The van der Waals surface area contributed by atoms with Crippen LogP contribution < -0.4 is 0 Å². The van der Waals surface area contributed by atoms with E-state index < -0.39 is 0 Å². The molecule has 0 N–H and O–H groups in total. The van der Waals surface area contributed by atoms with Crippen molar-refractivity contribution in [2.24, 2.45) is 0 Å². The highest BCUT2D eigenvalue weighted by atomic mass is 32.2. The highest BCUT2D eigenvalue weighted by Crippen LogP contribution is 2.24. The first kappa shape index (κ1) is 13.6. The zero-order valence-electron chi connectivity index (χ0n) is 10.9. The minimum absolute atomic E-state index is 0.140. The largest absolute Gasteiger partial charge is 0.468 e. The van der Waals surface area contributed by atoms with Crippen molar-refractivity contribution in [3.63, 3.8) is 0 Å². The maximum Gasteiger partial charge on any atom is 0.316 e. The van der Waals surface area contributed by atoms with E-state index in [-0.39, 0.29) is 17.8 Å². The second-order valence-corrected chi connectivity index (χ2v) is 4.92. The third kappa shape index (κ3) is 3.14. The zero-order valence-corrected chi connectivity index (χ0v) is 11.7. The van der Waals surface area contributed by atoms with Gasteiger partial charge in [0.05, 0.1) is 7.11 Å². The average Bonchev–Trinajstić information content (AvgIpc) is 3.03. The summed E-state index contributed by atoms with van der Waals surface area (Å²) in [5.41, 5.74) is 0.757. The summed E-state index contributed by atoms with van der Waals surface area (Å²) >= 11 is 1.14. The van der Waals surface area contributed by atoms with Gasteiger partial charge in [0.25, 0.3) is 11.1 Å². The van der Waals surface area contributed by atoms with Crippen molar-refractivity contribution in [3.8, 4) is 11.6 Å². The van der Waals surface area contributed by atoms with E-state index in [1.165, 1.54) is 7.11 Å². The van der Waals surface area contributed by atoms with Gasteiger partial charge in [-0.3, -0.25) is 9.48 Å². The number of carbonyl (C=O) groups is 1. The summed E-state index contributed by atoms with van der Waals surface area (Å²) in [6.45, 7) is 4.03. The minimum Gasteiger partial charge on any atom is -0.468 e. The molecule has 0 unspecified atom stereocenters. The highest BCUT2D eigenvalue weighted by Gasteiger charge is 2.16. The van der Waals surface area contributed by atoms with Crippen LogP contribution in [0.2, 0.25) is 0 Å². The third-order valence-corrected chi connectivity index (χ3v) is 3.12. The van der Waals surface area contributed by atoms with Gasteiger partial charge in [-0.1, -0.05) is 11.8 Å². The molecule has 0 aliphatic rings. The number of methoxy groups -OCH3 is 1. The van der Waals surface area contributed by atoms with Crippen molar-refractivity contribution in [3.05, 3.63) is 12.3 Å². The van der Waals surface area contributed by atoms with E-state index in [0.717, 1.165) is 17.5 Å². The first-order valence-electron chi connectivity index (χ1n) is 5.69. The number of hydrogen-bond donors (Lipinski definition) is 0. The molecule has 0 atom stereocenters. The number of esters is 1. The Morgan fingerprint density at radius 3 is 3.00 bits per heavy atom. The number of carbonyl (C=O) groups excluding carboxylic acids is 1. The molecular weight excluding hydrogens is 268 g/mol. The molecule has 0 aliphatic carbocycles. The molecule has 0 aromatic carbocycles. The molecule has 19 heavy (non-hydrogen) atoms. The van der Waals surface area contributed by atoms with Crippen LogP contribution in [-0.2, 0) is 9.53 Å². The molecule has 0 fully saturated rings. The van der Waals surface area contributed by atoms with Crippen LogP contribution in [0.15, 0.2) is 21.9 Å². The molecule has 102 valence electrons. The van der Waals surface area contributed by atoms with E-state index in [2.05, 4.69) is 20.0 Å². The number of aromatic nitrogens is 4. The van der Waals surface area contributed by atoms with Crippen LogP contribution in [-0.4, -0.2) is 38.8 Å². The van der Waals surface area contributed by atoms with Crippen molar-refractivity contribution in [1.29, 1.82) is 0 Å². The van der Waals surface area contributed by atoms with Gasteiger partial charge in [-0.2, -0.15) is 5.10 Å². The van der Waals surface area contributed by atoms with E-state index in [1.54, 1.807) is 10.9 Å². The van der Waals surface area contributed by atoms with Crippen LogP contribution in [0.3, 0.4) is 0 Å². The summed E-state index contributed by atoms with van der Waals surface area (Å²) in [5.74, 6) is 0.192. The number of hydrogen-bond acceptors (Lipinski definition) is 7. The lowest BCUT2D eigenvalue weighted by atomic mass is 10.3. The number of ether oxygens (including phenoxy) is 1. The Hall–Kier alpha value is -1.83. The molecule has 7 nitrogen and oxygen atoms in total. The summed E-state index contributed by atoms with van der Waals surface area (Å²) in [6, 6.07) is 2.01. The molecule has 0 saturated heterocycles. The van der Waals surface area contributed by atoms with E-state index in [4.69, 9.17) is 4.42 Å². The first-order chi connectivity index (χ1) is 9.11. The fourth-order valence-electron chi connectivity index (χ4n) is 1.45. The summed E-state index contributed by atoms with van der Waals surface area (Å²) in [6.07, 6.45) is 1.68. The molecule has 2 aromatic heterocycles. The summed E-state index contributed by atoms with van der Waals surface area (Å²) in [5, 5.41) is 12.4. The molecule has 0 bridgehead atoms. The third-order valence-electron chi connectivity index (χ3n) is 2.33. The van der Waals surface area contributed by atoms with Gasteiger partial charge in [-0.15, -0.1) is 10.2 Å². The second kappa shape index (κ2) is 5.87. The van der Waals surface area contributed by atoms with E-state index >= 15 is 0 Å². The maximum atomic E-state index is 11.0. The normalized spacial score (nSPS) is 10.9. The number of nitrogens with zero attached hydrogens (tertiary/aromatic N) is 4. The lowest BCUT2D eigenvalue weighted by molar-refractivity contribution is -0.137. The molecule has 0 radical (unpaired) electrons. The van der Waals surface area contributed by atoms with Crippen molar-refractivity contribution >= 4 is 17.7 Å². The quantitative estimate of drug-likeness (QED) is 0.610. The number of thioether (sulfide) groups is 1. The standard InChI is InChI=1S/C11H14N4O3S/c1-7(2)15-8(4-5-12-15)10-13-14-11(18-10)19-6-9(16)17-3/h4-5,7H,6H2,1-3H3. The van der Waals surface area contributed by atoms with Gasteiger partial charge in [0, 0.05) is 12.2 Å². The van der Waals surface area contributed by atoms with E-state index in [1.807, 2.05) is 19.9 Å². The van der Waals surface area contributed by atoms with Gasteiger partial charge in [0.1, 0.15) is 11.4 Å². The van der Waals surface area contributed by atoms with Gasteiger partial charge in [-0.05, 0) is 19.9 Å². The Balaban J connectivity index is 2.12. The van der Waals surface area contributed by atoms with Crippen LogP contribution in [0.25, 0.3) is 11.6 Å². The van der Waals surface area contributed by atoms with E-state index in [9.17, 15) is 4.79 Å². The minimum atomic E-state index is -0.336. The SMILES string of the molecule is COC(=O)CSc1nnc(-c2ccnn2C(C)C)o1. The summed E-state index contributed by atoms with van der Waals surface area (Å²) in [7, 11) is 1.34. The molecule has 2 heterocycles. The van der Waals surface area contributed by atoms with Crippen LogP contribution in [0.4, 0.5) is 0 Å². The van der Waals surface area contributed by atoms with Crippen molar-refractivity contribution < 1.29 is 13.9 Å². The Kier molecular flexibility index (Phi) is 4.20. The van der Waals surface area contributed by atoms with Crippen LogP contribution in [0.1, 0.15) is 19.9 Å². The summed E-state index contributed by atoms with van der Waals surface area (Å²) < 4.78 is 11.8. The fourth-order valence-corrected chi connectivity index (χ4v) is 2.04. The van der Waals surface area contributed by atoms with Gasteiger partial charge < -0.3 is 9.15 Å². The molecular formula is C11H14N4O3S. The number of rotatable bonds is 5. The fraction of sp³-hybridized carbons (Fsp3) is 0.455. The predicted molar refractivity (Wildman–Crippen MR) is 68.6 cm³/mol. The topological polar surface area (TPSA) is 83.0 Å². The highest BCUT2D eigenvalue weighted by molar-refractivity contribution is 7.99. The van der Waals surface area contributed by atoms with Gasteiger partial charge in [-0.25, -0.2) is 0 Å². The smallest absolute Gasteiger partial charge is 0.316 e. The zero-order chi connectivity index (χ0) is 13.8. The average molecular weight is 282 g/mol. The molecule has 0 amide bonds. The van der Waals surface area contributed by atoms with Crippen LogP contribution in [0.5, 0.6) is 0 Å². The Morgan fingerprint density at radius 1 is 1.53 bits per heavy atom. The molecule has 8 heteroatoms. The van der Waals surface area contributed by atoms with Crippen LogP contribution in [0, 0.1) is 0 Å². The first-order valence-corrected chi connectivity index (χ1v) is 6.67. The van der Waals surface area contributed by atoms with E-state index in [0.29, 0.717) is 11.1 Å². The lowest BCUT2D eigenvalue weighted by Crippen LogP contribution is -2.04. The maximum absolute atomic E-state index is 11.0. The summed E-state index contributed by atoms with van der Waals surface area (Å²) in [4.78, 5) is 11.0. The van der Waals surface area contributed by atoms with Crippen molar-refractivity contribution in [2.75, 3.05) is 12.9 Å². The molecule has 0 aliphatic heterocycles. The molecule has 0 spiro atoms. The molecule has 0 saturated carbocycles.